The van der Waals surface area contributed by atoms with Gasteiger partial charge in [0.25, 0.3) is 0 Å². The zero-order valence-electron chi connectivity index (χ0n) is 51.7. The summed E-state index contributed by atoms with van der Waals surface area (Å²) in [6.45, 7) is 6.59. The third-order valence-electron chi connectivity index (χ3n) is 14.6. The standard InChI is InChI=1S/C72H126O6/c1-4-7-10-13-16-19-22-25-28-30-31-32-33-34-35-36-37-38-39-40-41-42-45-47-50-53-56-59-62-65-71(74)77-68-69(67-76-70(73)64-61-58-55-52-49-46-43-27-24-21-18-15-12-9-6-3)78-72(75)66-63-60-57-54-51-48-44-29-26-23-20-17-14-11-8-5-2/h18,20-23,25,27,29-31,33-34,43-44,69H,4-17,19,24,26,28,32,35-42,45-68H2,1-3H3/b21-18-,23-20-,25-22-,31-30-,34-33-,43-27-,44-29-. The number of esters is 3. The summed E-state index contributed by atoms with van der Waals surface area (Å²) in [5.41, 5.74) is 0. The van der Waals surface area contributed by atoms with Gasteiger partial charge in [0.1, 0.15) is 13.2 Å². The van der Waals surface area contributed by atoms with E-state index >= 15 is 0 Å². The topological polar surface area (TPSA) is 78.9 Å². The highest BCUT2D eigenvalue weighted by Crippen LogP contribution is 2.16. The van der Waals surface area contributed by atoms with Crippen molar-refractivity contribution < 1.29 is 28.6 Å². The minimum absolute atomic E-state index is 0.0856. The highest BCUT2D eigenvalue weighted by atomic mass is 16.6. The van der Waals surface area contributed by atoms with Crippen LogP contribution in [0.5, 0.6) is 0 Å². The van der Waals surface area contributed by atoms with E-state index in [-0.39, 0.29) is 31.1 Å². The molecule has 0 rings (SSSR count). The van der Waals surface area contributed by atoms with Crippen molar-refractivity contribution in [3.05, 3.63) is 85.1 Å². The van der Waals surface area contributed by atoms with E-state index in [0.29, 0.717) is 19.3 Å². The van der Waals surface area contributed by atoms with Crippen molar-refractivity contribution in [3.8, 4) is 0 Å². The van der Waals surface area contributed by atoms with Gasteiger partial charge in [0.15, 0.2) is 6.10 Å². The predicted molar refractivity (Wildman–Crippen MR) is 339 cm³/mol. The van der Waals surface area contributed by atoms with Crippen LogP contribution in [-0.4, -0.2) is 37.2 Å². The Kier molecular flexibility index (Phi) is 63.2. The smallest absolute Gasteiger partial charge is 0.306 e. The van der Waals surface area contributed by atoms with Crippen LogP contribution in [0.15, 0.2) is 85.1 Å². The molecule has 0 saturated carbocycles. The fourth-order valence-corrected chi connectivity index (χ4v) is 9.51. The normalized spacial score (nSPS) is 12.6. The minimum atomic E-state index is -0.791. The van der Waals surface area contributed by atoms with Crippen molar-refractivity contribution >= 4 is 17.9 Å². The molecule has 0 radical (unpaired) electrons. The van der Waals surface area contributed by atoms with E-state index < -0.39 is 6.10 Å². The number of unbranched alkanes of at least 4 members (excludes halogenated alkanes) is 36. The van der Waals surface area contributed by atoms with Gasteiger partial charge in [0.05, 0.1) is 0 Å². The Bertz CT molecular complexity index is 1480. The number of ether oxygens (including phenoxy) is 3. The molecule has 6 heteroatoms. The van der Waals surface area contributed by atoms with Crippen LogP contribution < -0.4 is 0 Å². The van der Waals surface area contributed by atoms with Gasteiger partial charge in [-0.2, -0.15) is 0 Å². The summed E-state index contributed by atoms with van der Waals surface area (Å²) in [7, 11) is 0. The van der Waals surface area contributed by atoms with Crippen LogP contribution in [0.3, 0.4) is 0 Å². The summed E-state index contributed by atoms with van der Waals surface area (Å²) >= 11 is 0. The van der Waals surface area contributed by atoms with Crippen molar-refractivity contribution in [1.29, 1.82) is 0 Å². The molecule has 0 aliphatic heterocycles. The van der Waals surface area contributed by atoms with Crippen LogP contribution >= 0.6 is 0 Å². The average molecular weight is 1090 g/mol. The molecule has 0 amide bonds. The van der Waals surface area contributed by atoms with Crippen molar-refractivity contribution in [1.82, 2.24) is 0 Å². The van der Waals surface area contributed by atoms with E-state index in [9.17, 15) is 14.4 Å². The number of carbonyl (C=O) groups is 3. The molecule has 0 spiro atoms. The Labute approximate surface area is 484 Å². The second-order valence-electron chi connectivity index (χ2n) is 22.4. The van der Waals surface area contributed by atoms with Crippen LogP contribution in [0.25, 0.3) is 0 Å². The molecule has 0 aromatic heterocycles. The van der Waals surface area contributed by atoms with Gasteiger partial charge in [-0.3, -0.25) is 14.4 Å². The van der Waals surface area contributed by atoms with Crippen molar-refractivity contribution in [3.63, 3.8) is 0 Å². The summed E-state index contributed by atoms with van der Waals surface area (Å²) in [6.07, 6.45) is 87.4. The highest BCUT2D eigenvalue weighted by molar-refractivity contribution is 5.71. The molecule has 0 aromatic rings. The van der Waals surface area contributed by atoms with Crippen molar-refractivity contribution in [2.24, 2.45) is 0 Å². The number of allylic oxidation sites excluding steroid dienone is 14. The fraction of sp³-hybridized carbons (Fsp3) is 0.764. The van der Waals surface area contributed by atoms with Crippen molar-refractivity contribution in [2.75, 3.05) is 13.2 Å². The molecule has 450 valence electrons. The molecule has 0 fully saturated rings. The molecule has 6 nitrogen and oxygen atoms in total. The molecule has 1 unspecified atom stereocenters. The van der Waals surface area contributed by atoms with Crippen LogP contribution in [0, 0.1) is 0 Å². The van der Waals surface area contributed by atoms with Crippen LogP contribution in [0.2, 0.25) is 0 Å². The van der Waals surface area contributed by atoms with Gasteiger partial charge in [0, 0.05) is 19.3 Å². The second-order valence-corrected chi connectivity index (χ2v) is 22.4. The summed E-state index contributed by atoms with van der Waals surface area (Å²) in [6, 6.07) is 0. The Hall–Kier alpha value is -3.41. The second kappa shape index (κ2) is 66.1. The van der Waals surface area contributed by atoms with E-state index in [1.165, 1.54) is 180 Å². The molecule has 0 aliphatic carbocycles. The quantitative estimate of drug-likeness (QED) is 0.0261. The summed E-state index contributed by atoms with van der Waals surface area (Å²) in [5.74, 6) is -0.901. The van der Waals surface area contributed by atoms with E-state index in [1.807, 2.05) is 0 Å². The average Bonchev–Trinajstić information content (AvgIpc) is 3.44. The summed E-state index contributed by atoms with van der Waals surface area (Å²) in [5, 5.41) is 0. The Morgan fingerprint density at radius 1 is 0.256 bits per heavy atom. The first-order chi connectivity index (χ1) is 38.5. The maximum Gasteiger partial charge on any atom is 0.306 e. The van der Waals surface area contributed by atoms with Crippen molar-refractivity contribution in [2.45, 2.75) is 341 Å². The molecule has 0 bridgehead atoms. The van der Waals surface area contributed by atoms with E-state index in [4.69, 9.17) is 14.2 Å². The lowest BCUT2D eigenvalue weighted by Crippen LogP contribution is -2.30. The zero-order chi connectivity index (χ0) is 56.4. The summed E-state index contributed by atoms with van der Waals surface area (Å²) in [4.78, 5) is 38.3. The molecule has 78 heavy (non-hydrogen) atoms. The molecule has 0 heterocycles. The molecular formula is C72H126O6. The maximum absolute atomic E-state index is 12.9. The van der Waals surface area contributed by atoms with Gasteiger partial charge in [-0.05, 0) is 122 Å². The van der Waals surface area contributed by atoms with Gasteiger partial charge in [-0.15, -0.1) is 0 Å². The number of hydrogen-bond donors (Lipinski definition) is 0. The first-order valence-electron chi connectivity index (χ1n) is 33.6. The number of carbonyl (C=O) groups excluding carboxylic acids is 3. The van der Waals surface area contributed by atoms with Crippen LogP contribution in [-0.2, 0) is 28.6 Å². The zero-order valence-corrected chi connectivity index (χ0v) is 51.7. The first-order valence-corrected chi connectivity index (χ1v) is 33.6. The van der Waals surface area contributed by atoms with Gasteiger partial charge < -0.3 is 14.2 Å². The van der Waals surface area contributed by atoms with E-state index in [2.05, 4.69) is 106 Å². The third kappa shape index (κ3) is 63.4. The Morgan fingerprint density at radius 2 is 0.462 bits per heavy atom. The maximum atomic E-state index is 12.9. The lowest BCUT2D eigenvalue weighted by atomic mass is 10.0. The summed E-state index contributed by atoms with van der Waals surface area (Å²) < 4.78 is 16.9. The molecule has 0 aliphatic rings. The van der Waals surface area contributed by atoms with Gasteiger partial charge in [0.2, 0.25) is 0 Å². The minimum Gasteiger partial charge on any atom is -0.462 e. The lowest BCUT2D eigenvalue weighted by molar-refractivity contribution is -0.167. The lowest BCUT2D eigenvalue weighted by Gasteiger charge is -2.18. The van der Waals surface area contributed by atoms with Crippen LogP contribution in [0.1, 0.15) is 335 Å². The predicted octanol–water partition coefficient (Wildman–Crippen LogP) is 23.1. The Morgan fingerprint density at radius 3 is 0.756 bits per heavy atom. The Balaban J connectivity index is 4.27. The highest BCUT2D eigenvalue weighted by Gasteiger charge is 2.19. The van der Waals surface area contributed by atoms with Gasteiger partial charge in [-0.1, -0.05) is 279 Å². The van der Waals surface area contributed by atoms with Gasteiger partial charge in [-0.25, -0.2) is 0 Å². The largest absolute Gasteiger partial charge is 0.462 e. The fourth-order valence-electron chi connectivity index (χ4n) is 9.51. The third-order valence-corrected chi connectivity index (χ3v) is 14.6. The van der Waals surface area contributed by atoms with Gasteiger partial charge >= 0.3 is 17.9 Å². The molecule has 1 atom stereocenters. The SMILES string of the molecule is CCCCC/C=C\C/C=C\CCCCCCCC(=O)OCC(COC(=O)CCCCCCCCCCCCCCCC/C=C\C/C=C\C/C=C\CCCCCCC)OC(=O)CCCCCCC/C=C\C/C=C\CCCCCC. The van der Waals surface area contributed by atoms with E-state index in [1.54, 1.807) is 0 Å². The number of rotatable bonds is 61. The monoisotopic (exact) mass is 1090 g/mol. The molecule has 0 saturated heterocycles. The molecule has 0 N–H and O–H groups in total. The number of hydrogen-bond acceptors (Lipinski definition) is 6. The molecule has 0 aromatic carbocycles. The van der Waals surface area contributed by atoms with E-state index in [0.717, 1.165) is 116 Å². The van der Waals surface area contributed by atoms with Crippen LogP contribution in [0.4, 0.5) is 0 Å². The molecular weight excluding hydrogens is 961 g/mol. The first kappa shape index (κ1) is 74.6.